The summed E-state index contributed by atoms with van der Waals surface area (Å²) in [5.41, 5.74) is 2.33. The van der Waals surface area contributed by atoms with Crippen molar-refractivity contribution >= 4 is 11.4 Å². The van der Waals surface area contributed by atoms with Gasteiger partial charge >= 0.3 is 0 Å². The van der Waals surface area contributed by atoms with Gasteiger partial charge in [0.25, 0.3) is 5.69 Å². The van der Waals surface area contributed by atoms with Crippen molar-refractivity contribution in [3.05, 3.63) is 76.1 Å². The number of hydrogen-bond donors (Lipinski definition) is 1. The van der Waals surface area contributed by atoms with Crippen LogP contribution in [0.2, 0.25) is 0 Å². The van der Waals surface area contributed by atoms with Crippen LogP contribution in [0.3, 0.4) is 0 Å². The smallest absolute Gasteiger partial charge is 0.269 e. The van der Waals surface area contributed by atoms with Crippen LogP contribution in [0.1, 0.15) is 31.3 Å². The Morgan fingerprint density at radius 1 is 1.06 bits per heavy atom. The monoisotopic (exact) mass is 422 g/mol. The Morgan fingerprint density at radius 3 is 2.35 bits per heavy atom. The standard InChI is InChI=1S/C22H27N7O2/c1-17(2)21(22-23-24-25-28(22)16-18-6-4-3-5-7-18)27-14-12-26(13-15-27)19-8-10-20(11-9-19)29(30)31/h3-11,17,21H,12-16H2,1-2H3/p+1/t21-/m1/s1. The SMILES string of the molecule is CC(C)[C@H](c1nnnn1Cc1ccccc1)[NH+]1CCN(c2ccc([N+](=O)[O-])cc2)CC1. The van der Waals surface area contributed by atoms with Gasteiger partial charge in [-0.15, -0.1) is 5.10 Å². The third-order valence-electron chi connectivity index (χ3n) is 5.95. The van der Waals surface area contributed by atoms with Gasteiger partial charge in [-0.05, 0) is 28.1 Å². The van der Waals surface area contributed by atoms with Crippen LogP contribution >= 0.6 is 0 Å². The van der Waals surface area contributed by atoms with Crippen LogP contribution in [0.15, 0.2) is 54.6 Å². The molecule has 9 nitrogen and oxygen atoms in total. The molecule has 0 aliphatic carbocycles. The van der Waals surface area contributed by atoms with Gasteiger partial charge in [-0.2, -0.15) is 0 Å². The van der Waals surface area contributed by atoms with E-state index in [-0.39, 0.29) is 16.7 Å². The molecule has 3 aromatic rings. The maximum Gasteiger partial charge on any atom is 0.269 e. The number of aromatic nitrogens is 4. The largest absolute Gasteiger partial charge is 0.360 e. The first-order valence-electron chi connectivity index (χ1n) is 10.7. The van der Waals surface area contributed by atoms with E-state index < -0.39 is 0 Å². The minimum atomic E-state index is -0.362. The number of benzene rings is 2. The summed E-state index contributed by atoms with van der Waals surface area (Å²) in [5, 5.41) is 23.6. The van der Waals surface area contributed by atoms with Crippen LogP contribution in [0.5, 0.6) is 0 Å². The molecule has 0 spiro atoms. The molecule has 1 fully saturated rings. The van der Waals surface area contributed by atoms with Crippen LogP contribution in [-0.4, -0.2) is 51.3 Å². The van der Waals surface area contributed by atoms with Crippen LogP contribution in [0.4, 0.5) is 11.4 Å². The molecule has 0 amide bonds. The molecule has 1 N–H and O–H groups in total. The van der Waals surface area contributed by atoms with Gasteiger partial charge in [0, 0.05) is 23.7 Å². The zero-order valence-corrected chi connectivity index (χ0v) is 17.9. The minimum absolute atomic E-state index is 0.123. The van der Waals surface area contributed by atoms with E-state index in [4.69, 9.17) is 0 Å². The van der Waals surface area contributed by atoms with Crippen LogP contribution < -0.4 is 9.80 Å². The van der Waals surface area contributed by atoms with Gasteiger partial charge in [-0.25, -0.2) is 4.68 Å². The summed E-state index contributed by atoms with van der Waals surface area (Å²) >= 11 is 0. The molecule has 1 saturated heterocycles. The molecule has 0 unspecified atom stereocenters. The average molecular weight is 423 g/mol. The van der Waals surface area contributed by atoms with Gasteiger partial charge in [0.15, 0.2) is 6.04 Å². The molecule has 1 atom stereocenters. The lowest BCUT2D eigenvalue weighted by Crippen LogP contribution is -3.15. The lowest BCUT2D eigenvalue weighted by molar-refractivity contribution is -0.937. The van der Waals surface area contributed by atoms with Crippen molar-refractivity contribution in [1.29, 1.82) is 0 Å². The van der Waals surface area contributed by atoms with Gasteiger partial charge in [0.1, 0.15) is 0 Å². The van der Waals surface area contributed by atoms with Gasteiger partial charge in [0.2, 0.25) is 5.82 Å². The fourth-order valence-electron chi connectivity index (χ4n) is 4.40. The molecular formula is C22H28N7O2+. The lowest BCUT2D eigenvalue weighted by atomic mass is 10.0. The zero-order chi connectivity index (χ0) is 21.8. The van der Waals surface area contributed by atoms with Crippen molar-refractivity contribution < 1.29 is 9.82 Å². The van der Waals surface area contributed by atoms with E-state index in [0.717, 1.165) is 37.7 Å². The number of anilines is 1. The van der Waals surface area contributed by atoms with E-state index in [1.54, 1.807) is 12.1 Å². The molecule has 0 radical (unpaired) electrons. The summed E-state index contributed by atoms with van der Waals surface area (Å²) in [4.78, 5) is 14.3. The number of rotatable bonds is 7. The summed E-state index contributed by atoms with van der Waals surface area (Å²) in [6.45, 7) is 8.79. The van der Waals surface area contributed by atoms with Crippen LogP contribution in [0, 0.1) is 16.0 Å². The maximum atomic E-state index is 10.9. The third kappa shape index (κ3) is 4.72. The van der Waals surface area contributed by atoms with Crippen LogP contribution in [0.25, 0.3) is 0 Å². The fraction of sp³-hybridized carbons (Fsp3) is 0.409. The number of nitro groups is 1. The highest BCUT2D eigenvalue weighted by atomic mass is 16.6. The molecule has 1 aromatic heterocycles. The fourth-order valence-corrected chi connectivity index (χ4v) is 4.40. The van der Waals surface area contributed by atoms with Crippen molar-refractivity contribution in [2.24, 2.45) is 5.92 Å². The van der Waals surface area contributed by atoms with Crippen molar-refractivity contribution in [2.75, 3.05) is 31.1 Å². The van der Waals surface area contributed by atoms with E-state index in [1.165, 1.54) is 10.5 Å². The first-order chi connectivity index (χ1) is 15.0. The first-order valence-corrected chi connectivity index (χ1v) is 10.7. The highest BCUT2D eigenvalue weighted by Gasteiger charge is 2.35. The van der Waals surface area contributed by atoms with Gasteiger partial charge in [0.05, 0.1) is 37.6 Å². The van der Waals surface area contributed by atoms with Gasteiger partial charge in [-0.1, -0.05) is 44.2 Å². The molecule has 4 rings (SSSR count). The molecular weight excluding hydrogens is 394 g/mol. The number of piperazine rings is 1. The quantitative estimate of drug-likeness (QED) is 0.460. The number of hydrogen-bond acceptors (Lipinski definition) is 6. The Labute approximate surface area is 181 Å². The van der Waals surface area contributed by atoms with E-state index >= 15 is 0 Å². The highest BCUT2D eigenvalue weighted by Crippen LogP contribution is 2.21. The number of tetrazole rings is 1. The Kier molecular flexibility index (Phi) is 6.22. The summed E-state index contributed by atoms with van der Waals surface area (Å²) in [6, 6.07) is 17.3. The zero-order valence-electron chi connectivity index (χ0n) is 17.9. The number of quaternary nitrogens is 1. The average Bonchev–Trinajstić information content (AvgIpc) is 3.22. The Morgan fingerprint density at radius 2 is 1.74 bits per heavy atom. The molecule has 162 valence electrons. The molecule has 0 saturated carbocycles. The van der Waals surface area contributed by atoms with Crippen molar-refractivity contribution in [1.82, 2.24) is 20.2 Å². The Bertz CT molecular complexity index is 996. The molecule has 1 aliphatic rings. The second kappa shape index (κ2) is 9.22. The van der Waals surface area contributed by atoms with Crippen molar-refractivity contribution in [3.8, 4) is 0 Å². The van der Waals surface area contributed by atoms with Crippen LogP contribution in [-0.2, 0) is 6.54 Å². The Hall–Kier alpha value is -3.33. The van der Waals surface area contributed by atoms with E-state index in [9.17, 15) is 10.1 Å². The minimum Gasteiger partial charge on any atom is -0.360 e. The highest BCUT2D eigenvalue weighted by molar-refractivity contribution is 5.51. The van der Waals surface area contributed by atoms with E-state index in [0.29, 0.717) is 12.5 Å². The van der Waals surface area contributed by atoms with Crippen molar-refractivity contribution in [2.45, 2.75) is 26.4 Å². The first kappa shape index (κ1) is 20.9. The van der Waals surface area contributed by atoms with Gasteiger partial charge in [-0.3, -0.25) is 10.1 Å². The number of nitro benzene ring substituents is 1. The molecule has 0 bridgehead atoms. The second-order valence-corrected chi connectivity index (χ2v) is 8.32. The summed E-state index contributed by atoms with van der Waals surface area (Å²) in [5.74, 6) is 1.32. The maximum absolute atomic E-state index is 10.9. The third-order valence-corrected chi connectivity index (χ3v) is 5.95. The second-order valence-electron chi connectivity index (χ2n) is 8.32. The van der Waals surface area contributed by atoms with E-state index in [2.05, 4.69) is 46.4 Å². The van der Waals surface area contributed by atoms with E-state index in [1.807, 2.05) is 35.0 Å². The van der Waals surface area contributed by atoms with Gasteiger partial charge < -0.3 is 9.80 Å². The topological polar surface area (TPSA) is 94.4 Å². The number of nitrogens with one attached hydrogen (secondary N) is 1. The summed E-state index contributed by atoms with van der Waals surface area (Å²) in [7, 11) is 0. The number of nitrogens with zero attached hydrogens (tertiary/aromatic N) is 6. The molecule has 1 aliphatic heterocycles. The normalized spacial score (nSPS) is 15.9. The predicted octanol–water partition coefficient (Wildman–Crippen LogP) is 1.73. The molecule has 2 aromatic carbocycles. The molecule has 31 heavy (non-hydrogen) atoms. The summed E-state index contributed by atoms with van der Waals surface area (Å²) < 4.78 is 1.93. The Balaban J connectivity index is 1.46. The predicted molar refractivity (Wildman–Crippen MR) is 117 cm³/mol. The lowest BCUT2D eigenvalue weighted by Gasteiger charge is -2.38. The number of non-ortho nitro benzene ring substituents is 1. The molecule has 9 heteroatoms. The summed E-state index contributed by atoms with van der Waals surface area (Å²) in [6.07, 6.45) is 0. The van der Waals surface area contributed by atoms with Crippen molar-refractivity contribution in [3.63, 3.8) is 0 Å². The molecule has 2 heterocycles.